The standard InChI is InChI=1S/C18H19NO2/c1-18(2,13-19)10-5-11-21-17-9-8-14-6-3-4-7-15(14)16(17)12-20/h3-4,6-9,12H,5,10-11H2,1-2H3. The Hall–Kier alpha value is -2.34. The molecule has 2 aromatic carbocycles. The van der Waals surface area contributed by atoms with Crippen molar-refractivity contribution in [2.75, 3.05) is 6.61 Å². The lowest BCUT2D eigenvalue weighted by atomic mass is 9.90. The second kappa shape index (κ2) is 6.41. The number of ether oxygens (including phenoxy) is 1. The highest BCUT2D eigenvalue weighted by Gasteiger charge is 2.16. The van der Waals surface area contributed by atoms with Gasteiger partial charge in [-0.25, -0.2) is 0 Å². The zero-order chi connectivity index (χ0) is 15.3. The molecule has 0 radical (unpaired) electrons. The molecule has 0 aromatic heterocycles. The molecule has 108 valence electrons. The summed E-state index contributed by atoms with van der Waals surface area (Å²) in [6.07, 6.45) is 2.40. The van der Waals surface area contributed by atoms with Gasteiger partial charge in [0.1, 0.15) is 5.75 Å². The molecule has 0 aliphatic heterocycles. The van der Waals surface area contributed by atoms with E-state index in [-0.39, 0.29) is 5.41 Å². The number of hydrogen-bond donors (Lipinski definition) is 0. The highest BCUT2D eigenvalue weighted by molar-refractivity contribution is 6.00. The van der Waals surface area contributed by atoms with E-state index >= 15 is 0 Å². The summed E-state index contributed by atoms with van der Waals surface area (Å²) in [7, 11) is 0. The number of aldehydes is 1. The van der Waals surface area contributed by atoms with Crippen molar-refractivity contribution in [2.24, 2.45) is 5.41 Å². The van der Waals surface area contributed by atoms with E-state index in [4.69, 9.17) is 10.00 Å². The van der Waals surface area contributed by atoms with E-state index < -0.39 is 0 Å². The number of rotatable bonds is 6. The highest BCUT2D eigenvalue weighted by atomic mass is 16.5. The average Bonchev–Trinajstić information content (AvgIpc) is 2.51. The molecule has 3 heteroatoms. The molecule has 0 atom stereocenters. The van der Waals surface area contributed by atoms with Gasteiger partial charge in [-0.15, -0.1) is 0 Å². The van der Waals surface area contributed by atoms with Crippen LogP contribution in [0.1, 0.15) is 37.0 Å². The molecule has 0 unspecified atom stereocenters. The van der Waals surface area contributed by atoms with Gasteiger partial charge in [-0.1, -0.05) is 30.3 Å². The second-order valence-electron chi connectivity index (χ2n) is 5.76. The fourth-order valence-electron chi connectivity index (χ4n) is 2.28. The number of nitrogens with zero attached hydrogens (tertiary/aromatic N) is 1. The van der Waals surface area contributed by atoms with Crippen molar-refractivity contribution < 1.29 is 9.53 Å². The third-order valence-electron chi connectivity index (χ3n) is 3.55. The topological polar surface area (TPSA) is 50.1 Å². The molecule has 0 aliphatic rings. The van der Waals surface area contributed by atoms with Crippen LogP contribution in [0, 0.1) is 16.7 Å². The number of fused-ring (bicyclic) bond motifs is 1. The largest absolute Gasteiger partial charge is 0.493 e. The molecular formula is C18H19NO2. The van der Waals surface area contributed by atoms with E-state index in [0.717, 1.165) is 29.9 Å². The summed E-state index contributed by atoms with van der Waals surface area (Å²) in [6.45, 7) is 4.34. The van der Waals surface area contributed by atoms with Crippen molar-refractivity contribution in [2.45, 2.75) is 26.7 Å². The van der Waals surface area contributed by atoms with Crippen LogP contribution < -0.4 is 4.74 Å². The lowest BCUT2D eigenvalue weighted by molar-refractivity contribution is 0.112. The minimum atomic E-state index is -0.333. The van der Waals surface area contributed by atoms with Gasteiger partial charge < -0.3 is 4.74 Å². The number of hydrogen-bond acceptors (Lipinski definition) is 3. The Balaban J connectivity index is 2.09. The van der Waals surface area contributed by atoms with Gasteiger partial charge in [0.25, 0.3) is 0 Å². The maximum absolute atomic E-state index is 11.4. The summed E-state index contributed by atoms with van der Waals surface area (Å²) in [5, 5.41) is 10.9. The monoisotopic (exact) mass is 281 g/mol. The molecule has 0 N–H and O–H groups in total. The Morgan fingerprint density at radius 1 is 1.24 bits per heavy atom. The summed E-state index contributed by atoms with van der Waals surface area (Å²) in [5.74, 6) is 0.610. The van der Waals surface area contributed by atoms with E-state index in [9.17, 15) is 4.79 Å². The fraction of sp³-hybridized carbons (Fsp3) is 0.333. The number of carbonyl (C=O) groups is 1. The van der Waals surface area contributed by atoms with E-state index in [1.54, 1.807) is 0 Å². The van der Waals surface area contributed by atoms with Gasteiger partial charge in [-0.05, 0) is 43.5 Å². The molecule has 3 nitrogen and oxygen atoms in total. The lowest BCUT2D eigenvalue weighted by Crippen LogP contribution is -2.10. The van der Waals surface area contributed by atoms with Crippen molar-refractivity contribution >= 4 is 17.1 Å². The van der Waals surface area contributed by atoms with Crippen molar-refractivity contribution in [1.82, 2.24) is 0 Å². The molecule has 0 spiro atoms. The van der Waals surface area contributed by atoms with Crippen LogP contribution >= 0.6 is 0 Å². The normalized spacial score (nSPS) is 11.1. The van der Waals surface area contributed by atoms with Crippen molar-refractivity contribution in [1.29, 1.82) is 5.26 Å². The van der Waals surface area contributed by atoms with E-state index in [1.807, 2.05) is 50.2 Å². The average molecular weight is 281 g/mol. The molecule has 0 saturated heterocycles. The van der Waals surface area contributed by atoms with Gasteiger partial charge in [0, 0.05) is 0 Å². The molecule has 0 fully saturated rings. The molecule has 0 amide bonds. The van der Waals surface area contributed by atoms with Gasteiger partial charge in [-0.2, -0.15) is 5.26 Å². The summed E-state index contributed by atoms with van der Waals surface area (Å²) in [6, 6.07) is 13.8. The molecule has 0 aliphatic carbocycles. The van der Waals surface area contributed by atoms with Gasteiger partial charge >= 0.3 is 0 Å². The number of nitriles is 1. The van der Waals surface area contributed by atoms with Gasteiger partial charge in [0.2, 0.25) is 0 Å². The predicted molar refractivity (Wildman–Crippen MR) is 83.5 cm³/mol. The van der Waals surface area contributed by atoms with E-state index in [0.29, 0.717) is 17.9 Å². The third kappa shape index (κ3) is 3.61. The zero-order valence-electron chi connectivity index (χ0n) is 12.4. The zero-order valence-corrected chi connectivity index (χ0v) is 12.4. The van der Waals surface area contributed by atoms with Crippen molar-refractivity contribution in [3.63, 3.8) is 0 Å². The van der Waals surface area contributed by atoms with Gasteiger partial charge in [-0.3, -0.25) is 4.79 Å². The van der Waals surface area contributed by atoms with E-state index in [1.165, 1.54) is 0 Å². The Kier molecular flexibility index (Phi) is 4.59. The summed E-state index contributed by atoms with van der Waals surface area (Å²) < 4.78 is 5.74. The van der Waals surface area contributed by atoms with Gasteiger partial charge in [0.15, 0.2) is 6.29 Å². The smallest absolute Gasteiger partial charge is 0.154 e. The van der Waals surface area contributed by atoms with Crippen molar-refractivity contribution in [3.8, 4) is 11.8 Å². The molecule has 0 saturated carbocycles. The first kappa shape index (κ1) is 15.1. The SMILES string of the molecule is CC(C)(C#N)CCCOc1ccc2ccccc2c1C=O. The first-order valence-electron chi connectivity index (χ1n) is 7.08. The Bertz CT molecular complexity index is 683. The van der Waals surface area contributed by atoms with Crippen LogP contribution in [0.3, 0.4) is 0 Å². The molecule has 21 heavy (non-hydrogen) atoms. The number of carbonyl (C=O) groups excluding carboxylic acids is 1. The van der Waals surface area contributed by atoms with Crippen LogP contribution in [-0.4, -0.2) is 12.9 Å². The first-order chi connectivity index (χ1) is 10.1. The minimum absolute atomic E-state index is 0.333. The minimum Gasteiger partial charge on any atom is -0.493 e. The Labute approximate surface area is 125 Å². The molecule has 2 rings (SSSR count). The summed E-state index contributed by atoms with van der Waals surface area (Å²) in [5.41, 5.74) is 0.257. The van der Waals surface area contributed by atoms with Crippen LogP contribution in [0.15, 0.2) is 36.4 Å². The van der Waals surface area contributed by atoms with Crippen LogP contribution in [0.4, 0.5) is 0 Å². The maximum Gasteiger partial charge on any atom is 0.154 e. The van der Waals surface area contributed by atoms with Gasteiger partial charge in [0.05, 0.1) is 23.7 Å². The quantitative estimate of drug-likeness (QED) is 0.584. The molecule has 2 aromatic rings. The predicted octanol–water partition coefficient (Wildman–Crippen LogP) is 4.36. The van der Waals surface area contributed by atoms with Crippen LogP contribution in [0.2, 0.25) is 0 Å². The van der Waals surface area contributed by atoms with E-state index in [2.05, 4.69) is 6.07 Å². The number of benzene rings is 2. The van der Waals surface area contributed by atoms with Crippen molar-refractivity contribution in [3.05, 3.63) is 42.0 Å². The highest BCUT2D eigenvalue weighted by Crippen LogP contribution is 2.27. The maximum atomic E-state index is 11.4. The first-order valence-corrected chi connectivity index (χ1v) is 7.08. The van der Waals surface area contributed by atoms with Crippen LogP contribution in [0.5, 0.6) is 5.75 Å². The fourth-order valence-corrected chi connectivity index (χ4v) is 2.28. The summed E-state index contributed by atoms with van der Waals surface area (Å²) >= 11 is 0. The molecule has 0 heterocycles. The second-order valence-corrected chi connectivity index (χ2v) is 5.76. The Morgan fingerprint density at radius 2 is 2.00 bits per heavy atom. The summed E-state index contributed by atoms with van der Waals surface area (Å²) in [4.78, 5) is 11.4. The van der Waals surface area contributed by atoms with Crippen LogP contribution in [-0.2, 0) is 0 Å². The van der Waals surface area contributed by atoms with Crippen LogP contribution in [0.25, 0.3) is 10.8 Å². The third-order valence-corrected chi connectivity index (χ3v) is 3.55. The molecule has 0 bridgehead atoms. The Morgan fingerprint density at radius 3 is 2.71 bits per heavy atom. The lowest BCUT2D eigenvalue weighted by Gasteiger charge is -2.15. The molecular weight excluding hydrogens is 262 g/mol.